The number of nitro benzene ring substituents is 2. The normalized spacial score (nSPS) is 11.5. The van der Waals surface area contributed by atoms with Crippen LogP contribution in [0.25, 0.3) is 0 Å². The van der Waals surface area contributed by atoms with E-state index in [2.05, 4.69) is 0 Å². The Kier molecular flexibility index (Phi) is 5.17. The van der Waals surface area contributed by atoms with Gasteiger partial charge >= 0.3 is 11.7 Å². The van der Waals surface area contributed by atoms with Crippen LogP contribution in [0.15, 0.2) is 48.5 Å². The molecule has 0 heterocycles. The fraction of sp³-hybridized carbons (Fsp3) is 0.133. The zero-order valence-corrected chi connectivity index (χ0v) is 12.4. The highest BCUT2D eigenvalue weighted by molar-refractivity contribution is 5.80. The number of nitro groups is 2. The Hall–Kier alpha value is -3.33. The maximum Gasteiger partial charge on any atom is 0.345 e. The predicted molar refractivity (Wildman–Crippen MR) is 81.6 cm³/mol. The molecule has 0 bridgehead atoms. The van der Waals surface area contributed by atoms with Gasteiger partial charge in [0.1, 0.15) is 0 Å². The van der Waals surface area contributed by atoms with Crippen molar-refractivity contribution in [3.05, 3.63) is 74.3 Å². The van der Waals surface area contributed by atoms with Crippen molar-refractivity contribution < 1.29 is 24.1 Å². The van der Waals surface area contributed by atoms with Crippen LogP contribution in [0.2, 0.25) is 0 Å². The highest BCUT2D eigenvalue weighted by Crippen LogP contribution is 2.32. The summed E-state index contributed by atoms with van der Waals surface area (Å²) in [5.74, 6) is -1.27. The Bertz CT molecular complexity index is 777. The maximum absolute atomic E-state index is 12.2. The monoisotopic (exact) mass is 332 g/mol. The summed E-state index contributed by atoms with van der Waals surface area (Å²) in [7, 11) is 1.29. The van der Waals surface area contributed by atoms with Gasteiger partial charge in [-0.1, -0.05) is 30.3 Å². The van der Waals surface area contributed by atoms with Crippen molar-refractivity contribution in [3.63, 3.8) is 0 Å². The van der Waals surface area contributed by atoms with Gasteiger partial charge < -0.3 is 9.47 Å². The lowest BCUT2D eigenvalue weighted by Gasteiger charge is -2.14. The number of benzene rings is 2. The van der Waals surface area contributed by atoms with Crippen LogP contribution < -0.4 is 4.74 Å². The van der Waals surface area contributed by atoms with Gasteiger partial charge in [0.2, 0.25) is 5.75 Å². The summed E-state index contributed by atoms with van der Waals surface area (Å²) in [6.07, 6.45) is -1.08. The lowest BCUT2D eigenvalue weighted by Crippen LogP contribution is -2.20. The Balaban J connectivity index is 2.31. The molecule has 0 saturated heterocycles. The van der Waals surface area contributed by atoms with E-state index in [4.69, 9.17) is 9.47 Å². The zero-order chi connectivity index (χ0) is 17.7. The van der Waals surface area contributed by atoms with Gasteiger partial charge in [0, 0.05) is 13.2 Å². The van der Waals surface area contributed by atoms with Crippen molar-refractivity contribution in [2.24, 2.45) is 0 Å². The number of carbonyl (C=O) groups excluding carboxylic acids is 1. The first-order chi connectivity index (χ1) is 11.4. The van der Waals surface area contributed by atoms with Crippen LogP contribution in [0.4, 0.5) is 11.4 Å². The number of esters is 1. The van der Waals surface area contributed by atoms with Crippen molar-refractivity contribution in [2.45, 2.75) is 6.10 Å². The molecule has 9 heteroatoms. The second-order valence-corrected chi connectivity index (χ2v) is 4.61. The van der Waals surface area contributed by atoms with E-state index in [-0.39, 0.29) is 0 Å². The van der Waals surface area contributed by atoms with Gasteiger partial charge in [0.15, 0.2) is 6.10 Å². The zero-order valence-electron chi connectivity index (χ0n) is 12.4. The molecule has 0 aliphatic carbocycles. The first kappa shape index (κ1) is 17.0. The molecule has 0 aromatic heterocycles. The van der Waals surface area contributed by atoms with Crippen LogP contribution in [0.1, 0.15) is 11.7 Å². The molecule has 1 atom stereocenters. The molecular weight excluding hydrogens is 320 g/mol. The molecule has 9 nitrogen and oxygen atoms in total. The smallest absolute Gasteiger partial charge is 0.345 e. The van der Waals surface area contributed by atoms with E-state index in [0.717, 1.165) is 18.2 Å². The molecule has 0 fully saturated rings. The number of ether oxygens (including phenoxy) is 2. The number of nitrogens with zero attached hydrogens (tertiary/aromatic N) is 2. The Labute approximate surface area is 135 Å². The maximum atomic E-state index is 12.2. The molecule has 2 rings (SSSR count). The van der Waals surface area contributed by atoms with E-state index >= 15 is 0 Å². The molecule has 0 spiro atoms. The van der Waals surface area contributed by atoms with Crippen LogP contribution >= 0.6 is 0 Å². The van der Waals surface area contributed by atoms with E-state index < -0.39 is 39.0 Å². The Morgan fingerprint density at radius 1 is 1.04 bits per heavy atom. The molecule has 1 unspecified atom stereocenters. The van der Waals surface area contributed by atoms with Crippen LogP contribution in [-0.4, -0.2) is 22.9 Å². The molecule has 0 saturated carbocycles. The van der Waals surface area contributed by atoms with Crippen LogP contribution in [0.5, 0.6) is 5.75 Å². The summed E-state index contributed by atoms with van der Waals surface area (Å²) in [5, 5.41) is 21.8. The second kappa shape index (κ2) is 7.29. The van der Waals surface area contributed by atoms with Crippen molar-refractivity contribution in [1.82, 2.24) is 0 Å². The van der Waals surface area contributed by atoms with Crippen LogP contribution in [-0.2, 0) is 9.53 Å². The Morgan fingerprint density at radius 3 is 2.25 bits per heavy atom. The SMILES string of the molecule is COC(C(=O)Oc1ccc([N+](=O)[O-])cc1[N+](=O)[O-])c1ccccc1. The number of rotatable bonds is 6. The molecule has 24 heavy (non-hydrogen) atoms. The standard InChI is InChI=1S/C15H12N2O7/c1-23-14(10-5-3-2-4-6-10)15(18)24-13-8-7-11(16(19)20)9-12(13)17(21)22/h2-9,14H,1H3. The average Bonchev–Trinajstić information content (AvgIpc) is 2.56. The number of non-ortho nitro benzene ring substituents is 1. The van der Waals surface area contributed by atoms with Crippen molar-refractivity contribution in [2.75, 3.05) is 7.11 Å². The number of methoxy groups -OCH3 is 1. The van der Waals surface area contributed by atoms with E-state index in [0.29, 0.717) is 5.56 Å². The molecule has 0 N–H and O–H groups in total. The average molecular weight is 332 g/mol. The van der Waals surface area contributed by atoms with Crippen molar-refractivity contribution >= 4 is 17.3 Å². The van der Waals surface area contributed by atoms with E-state index in [1.165, 1.54) is 7.11 Å². The number of carbonyl (C=O) groups is 1. The summed E-state index contributed by atoms with van der Waals surface area (Å²) in [6.45, 7) is 0. The van der Waals surface area contributed by atoms with E-state index in [1.54, 1.807) is 30.3 Å². The van der Waals surface area contributed by atoms with Gasteiger partial charge in [0.25, 0.3) is 5.69 Å². The molecule has 124 valence electrons. The third-order valence-electron chi connectivity index (χ3n) is 3.11. The first-order valence-corrected chi connectivity index (χ1v) is 6.66. The van der Waals surface area contributed by atoms with Gasteiger partial charge in [-0.2, -0.15) is 0 Å². The van der Waals surface area contributed by atoms with Gasteiger partial charge in [0.05, 0.1) is 15.9 Å². The van der Waals surface area contributed by atoms with E-state index in [9.17, 15) is 25.0 Å². The largest absolute Gasteiger partial charge is 0.417 e. The lowest BCUT2D eigenvalue weighted by molar-refractivity contribution is -0.394. The summed E-state index contributed by atoms with van der Waals surface area (Å²) < 4.78 is 10.1. The fourth-order valence-electron chi connectivity index (χ4n) is 2.01. The number of hydrogen-bond donors (Lipinski definition) is 0. The first-order valence-electron chi connectivity index (χ1n) is 6.66. The summed E-state index contributed by atoms with van der Waals surface area (Å²) in [5.41, 5.74) is -0.650. The minimum Gasteiger partial charge on any atom is -0.417 e. The quantitative estimate of drug-likeness (QED) is 0.345. The summed E-state index contributed by atoms with van der Waals surface area (Å²) >= 11 is 0. The molecule has 2 aromatic carbocycles. The predicted octanol–water partition coefficient (Wildman–Crippen LogP) is 2.80. The fourth-order valence-corrected chi connectivity index (χ4v) is 2.01. The van der Waals surface area contributed by atoms with Gasteiger partial charge in [-0.3, -0.25) is 20.2 Å². The highest BCUT2D eigenvalue weighted by Gasteiger charge is 2.27. The third kappa shape index (κ3) is 3.70. The minimum absolute atomic E-state index is 0.395. The van der Waals surface area contributed by atoms with Gasteiger partial charge in [-0.25, -0.2) is 4.79 Å². The third-order valence-corrected chi connectivity index (χ3v) is 3.11. The van der Waals surface area contributed by atoms with Crippen molar-refractivity contribution in [3.8, 4) is 5.75 Å². The highest BCUT2D eigenvalue weighted by atomic mass is 16.6. The summed E-state index contributed by atoms with van der Waals surface area (Å²) in [4.78, 5) is 32.3. The van der Waals surface area contributed by atoms with Crippen molar-refractivity contribution in [1.29, 1.82) is 0 Å². The molecule has 0 aliphatic rings. The van der Waals surface area contributed by atoms with Gasteiger partial charge in [-0.15, -0.1) is 0 Å². The minimum atomic E-state index is -1.08. The second-order valence-electron chi connectivity index (χ2n) is 4.61. The summed E-state index contributed by atoms with van der Waals surface area (Å²) in [6, 6.07) is 11.2. The molecule has 2 aromatic rings. The Morgan fingerprint density at radius 2 is 1.71 bits per heavy atom. The molecular formula is C15H12N2O7. The van der Waals surface area contributed by atoms with E-state index in [1.807, 2.05) is 0 Å². The number of hydrogen-bond acceptors (Lipinski definition) is 7. The topological polar surface area (TPSA) is 122 Å². The molecule has 0 amide bonds. The van der Waals surface area contributed by atoms with Crippen LogP contribution in [0, 0.1) is 20.2 Å². The lowest BCUT2D eigenvalue weighted by atomic mass is 10.1. The molecule has 0 radical (unpaired) electrons. The van der Waals surface area contributed by atoms with Crippen LogP contribution in [0.3, 0.4) is 0 Å². The molecule has 0 aliphatic heterocycles. The van der Waals surface area contributed by atoms with Gasteiger partial charge in [-0.05, 0) is 11.6 Å².